The number of likely N-dealkylation sites (N-methyl/N-ethyl adjacent to an activating group) is 1. The lowest BCUT2D eigenvalue weighted by Crippen LogP contribution is -2.46. The Labute approximate surface area is 180 Å². The van der Waals surface area contributed by atoms with E-state index in [4.69, 9.17) is 0 Å². The summed E-state index contributed by atoms with van der Waals surface area (Å²) in [6.45, 7) is 7.59. The molecule has 1 saturated heterocycles. The lowest BCUT2D eigenvalue weighted by Gasteiger charge is -2.34. The van der Waals surface area contributed by atoms with Gasteiger partial charge in [-0.05, 0) is 26.0 Å². The number of carbonyl (C=O) groups excluding carboxylic acids is 1. The molecule has 2 N–H and O–H groups in total. The lowest BCUT2D eigenvalue weighted by atomic mass is 10.00. The summed E-state index contributed by atoms with van der Waals surface area (Å²) in [4.78, 5) is 29.8. The van der Waals surface area contributed by atoms with Gasteiger partial charge in [-0.1, -0.05) is 20.3 Å². The average Bonchev–Trinajstić information content (AvgIpc) is 2.76. The number of amides is 1. The number of aliphatic hydroxyl groups excluding tert-OH is 1. The molecule has 2 heterocycles. The first-order valence-corrected chi connectivity index (χ1v) is 10.5. The molecule has 1 aromatic carbocycles. The van der Waals surface area contributed by atoms with Gasteiger partial charge in [0.05, 0.1) is 34.5 Å². The van der Waals surface area contributed by atoms with E-state index in [-0.39, 0.29) is 34.9 Å². The van der Waals surface area contributed by atoms with Crippen LogP contribution in [-0.4, -0.2) is 66.5 Å². The van der Waals surface area contributed by atoms with Crippen molar-refractivity contribution in [2.24, 2.45) is 5.92 Å². The molecule has 2 unspecified atom stereocenters. The summed E-state index contributed by atoms with van der Waals surface area (Å²) in [7, 11) is 1.98. The summed E-state index contributed by atoms with van der Waals surface area (Å²) in [6, 6.07) is 1.82. The van der Waals surface area contributed by atoms with E-state index in [1.54, 1.807) is 0 Å². The molecule has 1 amide bonds. The second-order valence-corrected chi connectivity index (χ2v) is 8.25. The average molecular weight is 436 g/mol. The Morgan fingerprint density at radius 2 is 1.97 bits per heavy atom. The number of hydrogen-bond donors (Lipinski definition) is 2. The summed E-state index contributed by atoms with van der Waals surface area (Å²) in [5.41, 5.74) is -0.447. The number of nitrogens with one attached hydrogen (secondary N) is 1. The van der Waals surface area contributed by atoms with Crippen molar-refractivity contribution < 1.29 is 18.7 Å². The largest absolute Gasteiger partial charge is 0.805 e. The normalized spacial score (nSPS) is 17.0. The van der Waals surface area contributed by atoms with Gasteiger partial charge in [-0.25, -0.2) is 4.39 Å². The Morgan fingerprint density at radius 3 is 2.55 bits per heavy atom. The third-order valence-corrected chi connectivity index (χ3v) is 6.24. The van der Waals surface area contributed by atoms with Crippen LogP contribution in [0.1, 0.15) is 36.5 Å². The minimum atomic E-state index is -0.776. The van der Waals surface area contributed by atoms with Crippen LogP contribution in [0.4, 0.5) is 10.1 Å². The van der Waals surface area contributed by atoms with Crippen LogP contribution in [0.5, 0.6) is 0 Å². The predicted molar refractivity (Wildman–Crippen MR) is 116 cm³/mol. The van der Waals surface area contributed by atoms with E-state index in [1.807, 2.05) is 25.8 Å². The first-order valence-electron chi connectivity index (χ1n) is 10.5. The summed E-state index contributed by atoms with van der Waals surface area (Å²) in [6.07, 6.45) is 0.710. The van der Waals surface area contributed by atoms with E-state index in [0.717, 1.165) is 19.2 Å². The van der Waals surface area contributed by atoms with Crippen molar-refractivity contribution in [3.63, 3.8) is 0 Å². The zero-order chi connectivity index (χ0) is 22.9. The Balaban J connectivity index is 2.05. The van der Waals surface area contributed by atoms with Gasteiger partial charge in [0.25, 0.3) is 5.52 Å². The van der Waals surface area contributed by atoms with Crippen molar-refractivity contribution in [2.45, 2.75) is 33.2 Å². The van der Waals surface area contributed by atoms with Crippen LogP contribution < -0.4 is 14.6 Å². The lowest BCUT2D eigenvalue weighted by molar-refractivity contribution is -0.468. The summed E-state index contributed by atoms with van der Waals surface area (Å²) < 4.78 is 15.7. The van der Waals surface area contributed by atoms with Crippen LogP contribution in [0.15, 0.2) is 12.1 Å². The van der Waals surface area contributed by atoms with Crippen molar-refractivity contribution >= 4 is 22.6 Å². The molecule has 1 aliphatic heterocycles. The minimum absolute atomic E-state index is 0.0000116. The molecule has 1 fully saturated rings. The van der Waals surface area contributed by atoms with E-state index in [9.17, 15) is 24.4 Å². The van der Waals surface area contributed by atoms with Crippen LogP contribution in [0.25, 0.3) is 11.0 Å². The Morgan fingerprint density at radius 1 is 1.32 bits per heavy atom. The fraction of sp³-hybridized carbons (Fsp3) is 0.571. The topological polar surface area (TPSA) is 107 Å². The zero-order valence-electron chi connectivity index (χ0n) is 18.4. The highest BCUT2D eigenvalue weighted by Crippen LogP contribution is 2.26. The number of fused-ring (bicyclic) bond motifs is 1. The number of rotatable bonds is 6. The van der Waals surface area contributed by atoms with E-state index >= 15 is 0 Å². The minimum Gasteiger partial charge on any atom is -0.805 e. The molecule has 3 rings (SSSR count). The molecule has 170 valence electrons. The molecule has 1 aromatic heterocycles. The molecule has 10 heteroatoms. The van der Waals surface area contributed by atoms with Crippen LogP contribution in [0, 0.1) is 28.8 Å². The highest BCUT2D eigenvalue weighted by atomic mass is 19.1. The number of aliphatic hydroxyl groups is 1. The molecule has 9 nitrogen and oxygen atoms in total. The highest BCUT2D eigenvalue weighted by Gasteiger charge is 2.31. The Kier molecular flexibility index (Phi) is 6.80. The summed E-state index contributed by atoms with van der Waals surface area (Å²) in [5, 5.41) is 25.1. The molecular weight excluding hydrogens is 405 g/mol. The molecule has 0 saturated carbocycles. The van der Waals surface area contributed by atoms with Gasteiger partial charge in [0, 0.05) is 31.1 Å². The number of nitrogens with zero attached hydrogens (tertiary/aromatic N) is 4. The maximum absolute atomic E-state index is 14.9. The molecular formula is C21H30FN5O4. The second kappa shape index (κ2) is 9.19. The first kappa shape index (κ1) is 23.0. The summed E-state index contributed by atoms with van der Waals surface area (Å²) >= 11 is 0. The molecule has 1 aliphatic rings. The zero-order valence-corrected chi connectivity index (χ0v) is 18.4. The number of anilines is 1. The van der Waals surface area contributed by atoms with Crippen LogP contribution in [-0.2, 0) is 0 Å². The monoisotopic (exact) mass is 435 g/mol. The molecule has 0 radical (unpaired) electrons. The van der Waals surface area contributed by atoms with Gasteiger partial charge in [-0.2, -0.15) is 0 Å². The number of hydrogen-bond acceptors (Lipinski definition) is 6. The standard InChI is InChI=1S/C21H30FN5O4/c1-5-13(2)16(12-28)23-21(29)20-14(3)26(30)19-11-17(15(22)10-18(19)27(20)31)25-8-6-24(4)7-9-25/h10-11,13,16,28H,5-9,12H2,1-4H3,(H,23,29). The molecule has 0 aliphatic carbocycles. The predicted octanol–water partition coefficient (Wildman–Crippen LogP) is 1.24. The van der Waals surface area contributed by atoms with Gasteiger partial charge in [0.15, 0.2) is 5.82 Å². The molecule has 31 heavy (non-hydrogen) atoms. The number of benzene rings is 1. The SMILES string of the molecule is CCC(C)C(CO)NC(=O)c1c(C)n([O-])c2cc(N3CCN(C)CC3)c(F)cc2[n+]1=O. The fourth-order valence-electron chi connectivity index (χ4n) is 3.85. The maximum atomic E-state index is 14.9. The maximum Gasteiger partial charge on any atom is 0.346 e. The first-order chi connectivity index (χ1) is 14.7. The van der Waals surface area contributed by atoms with Crippen molar-refractivity contribution in [1.82, 2.24) is 14.9 Å². The quantitative estimate of drug-likeness (QED) is 0.661. The van der Waals surface area contributed by atoms with Gasteiger partial charge in [-0.15, -0.1) is 0 Å². The van der Waals surface area contributed by atoms with E-state index in [0.29, 0.717) is 28.7 Å². The molecule has 0 spiro atoms. The third-order valence-electron chi connectivity index (χ3n) is 6.24. The second-order valence-electron chi connectivity index (χ2n) is 8.25. The Hall–Kier alpha value is -2.72. The van der Waals surface area contributed by atoms with Crippen molar-refractivity contribution in [3.05, 3.63) is 39.5 Å². The van der Waals surface area contributed by atoms with Gasteiger partial charge < -0.3 is 30.2 Å². The smallest absolute Gasteiger partial charge is 0.346 e. The third kappa shape index (κ3) is 4.35. The van der Waals surface area contributed by atoms with Crippen LogP contribution in [0.3, 0.4) is 0 Å². The van der Waals surface area contributed by atoms with Gasteiger partial charge in [0.1, 0.15) is 5.52 Å². The van der Waals surface area contributed by atoms with Crippen molar-refractivity contribution in [1.29, 1.82) is 0 Å². The van der Waals surface area contributed by atoms with Crippen molar-refractivity contribution in [3.8, 4) is 0 Å². The van der Waals surface area contributed by atoms with E-state index in [1.165, 1.54) is 13.0 Å². The molecule has 2 atom stereocenters. The van der Waals surface area contributed by atoms with E-state index in [2.05, 4.69) is 10.2 Å². The molecule has 2 aromatic rings. The number of aromatic nitrogens is 2. The number of halogens is 1. The van der Waals surface area contributed by atoms with Gasteiger partial charge in [0.2, 0.25) is 0 Å². The summed E-state index contributed by atoms with van der Waals surface area (Å²) in [5.74, 6) is -1.43. The Bertz CT molecular complexity index is 1030. The van der Waals surface area contributed by atoms with Gasteiger partial charge in [-0.3, -0.25) is 4.79 Å². The fourth-order valence-corrected chi connectivity index (χ4v) is 3.85. The van der Waals surface area contributed by atoms with E-state index < -0.39 is 23.5 Å². The van der Waals surface area contributed by atoms with Crippen LogP contribution in [0.2, 0.25) is 0 Å². The highest BCUT2D eigenvalue weighted by molar-refractivity contribution is 5.93. The molecule has 0 bridgehead atoms. The van der Waals surface area contributed by atoms with Crippen LogP contribution >= 0.6 is 0 Å². The number of piperazine rings is 1. The van der Waals surface area contributed by atoms with Crippen molar-refractivity contribution in [2.75, 3.05) is 44.7 Å². The number of carbonyl (C=O) groups is 1. The van der Waals surface area contributed by atoms with Gasteiger partial charge >= 0.3 is 11.6 Å².